The lowest BCUT2D eigenvalue weighted by Gasteiger charge is -2.24. The number of methoxy groups -OCH3 is 2. The average Bonchev–Trinajstić information content (AvgIpc) is 2.83. The molecule has 0 unspecified atom stereocenters. The molecule has 0 aromatic heterocycles. The summed E-state index contributed by atoms with van der Waals surface area (Å²) in [6, 6.07) is 15.4. The summed E-state index contributed by atoms with van der Waals surface area (Å²) in [7, 11) is -1.28. The number of nitrogens with zero attached hydrogens (tertiary/aromatic N) is 2. The molecule has 0 heterocycles. The van der Waals surface area contributed by atoms with Gasteiger partial charge in [-0.1, -0.05) is 35.4 Å². The fourth-order valence-corrected chi connectivity index (χ4v) is 4.78. The van der Waals surface area contributed by atoms with Crippen molar-refractivity contribution < 1.29 is 27.8 Å². The molecule has 0 atom stereocenters. The predicted octanol–water partition coefficient (Wildman–Crippen LogP) is 3.72. The van der Waals surface area contributed by atoms with E-state index in [0.29, 0.717) is 11.3 Å². The molecule has 0 saturated heterocycles. The second-order valence-electron chi connectivity index (χ2n) is 7.33. The van der Waals surface area contributed by atoms with Crippen molar-refractivity contribution in [2.75, 3.05) is 25.1 Å². The van der Waals surface area contributed by atoms with E-state index in [0.717, 1.165) is 9.87 Å². The van der Waals surface area contributed by atoms with Gasteiger partial charge in [-0.15, -0.1) is 0 Å². The number of aryl methyl sites for hydroxylation is 1. The van der Waals surface area contributed by atoms with Gasteiger partial charge in [0.15, 0.2) is 11.5 Å². The first-order valence-corrected chi connectivity index (χ1v) is 12.1. The Bertz CT molecular complexity index is 1340. The Balaban J connectivity index is 1.89. The number of amides is 1. The Hall–Kier alpha value is -3.76. The zero-order valence-electron chi connectivity index (χ0n) is 19.2. The van der Waals surface area contributed by atoms with E-state index in [9.17, 15) is 18.3 Å². The number of carbonyl (C=O) groups is 1. The molecule has 184 valence electrons. The van der Waals surface area contributed by atoms with Crippen LogP contribution in [-0.2, 0) is 14.8 Å². The molecule has 9 nitrogen and oxygen atoms in total. The number of phenolic OH excluding ortho intramolecular Hbond substituents is 1. The lowest BCUT2D eigenvalue weighted by molar-refractivity contribution is -0.119. The van der Waals surface area contributed by atoms with E-state index in [1.165, 1.54) is 50.8 Å². The molecule has 0 fully saturated rings. The number of aromatic hydroxyl groups is 1. The minimum absolute atomic E-state index is 0.00708. The third-order valence-electron chi connectivity index (χ3n) is 4.96. The third-order valence-corrected chi connectivity index (χ3v) is 7.05. The summed E-state index contributed by atoms with van der Waals surface area (Å²) in [4.78, 5) is 12.7. The maximum Gasteiger partial charge on any atom is 0.264 e. The smallest absolute Gasteiger partial charge is 0.264 e. The zero-order valence-corrected chi connectivity index (χ0v) is 20.8. The fourth-order valence-electron chi connectivity index (χ4n) is 3.11. The van der Waals surface area contributed by atoms with Crippen LogP contribution >= 0.6 is 11.6 Å². The topological polar surface area (TPSA) is 118 Å². The molecule has 3 rings (SSSR count). The number of ether oxygens (including phenoxy) is 2. The summed E-state index contributed by atoms with van der Waals surface area (Å²) in [6.45, 7) is 1.25. The van der Waals surface area contributed by atoms with Crippen molar-refractivity contribution in [2.45, 2.75) is 11.8 Å². The highest BCUT2D eigenvalue weighted by atomic mass is 35.5. The number of rotatable bonds is 9. The van der Waals surface area contributed by atoms with Crippen molar-refractivity contribution in [1.82, 2.24) is 5.43 Å². The Morgan fingerprint density at radius 3 is 2.40 bits per heavy atom. The molecule has 3 aromatic rings. The molecular weight excluding hydrogens is 494 g/mol. The maximum absolute atomic E-state index is 13.4. The SMILES string of the molecule is COc1ccc(N(CC(=O)N/N=C\c2cccc(OC)c2O)S(=O)(=O)c2ccc(C)cc2)cc1Cl. The number of nitrogens with one attached hydrogen (secondary N) is 1. The highest BCUT2D eigenvalue weighted by molar-refractivity contribution is 7.92. The Labute approximate surface area is 208 Å². The van der Waals surface area contributed by atoms with Gasteiger partial charge >= 0.3 is 0 Å². The van der Waals surface area contributed by atoms with Crippen molar-refractivity contribution >= 4 is 39.4 Å². The fraction of sp³-hybridized carbons (Fsp3) is 0.167. The van der Waals surface area contributed by atoms with Crippen LogP contribution < -0.4 is 19.2 Å². The minimum Gasteiger partial charge on any atom is -0.504 e. The number of sulfonamides is 1. The summed E-state index contributed by atoms with van der Waals surface area (Å²) in [5, 5.41) is 14.1. The van der Waals surface area contributed by atoms with Gasteiger partial charge in [-0.05, 0) is 49.4 Å². The van der Waals surface area contributed by atoms with Crippen LogP contribution in [0.1, 0.15) is 11.1 Å². The van der Waals surface area contributed by atoms with Crippen molar-refractivity contribution in [2.24, 2.45) is 5.10 Å². The standard InChI is InChI=1S/C24H24ClN3O6S/c1-16-7-10-19(11-8-16)35(31,32)28(18-9-12-21(33-2)20(25)13-18)15-23(29)27-26-14-17-5-4-6-22(34-3)24(17)30/h4-14,30H,15H2,1-3H3,(H,27,29)/b26-14-. The Morgan fingerprint density at radius 1 is 1.09 bits per heavy atom. The number of hydrazone groups is 1. The number of benzene rings is 3. The van der Waals surface area contributed by atoms with Gasteiger partial charge < -0.3 is 14.6 Å². The second-order valence-corrected chi connectivity index (χ2v) is 9.60. The van der Waals surface area contributed by atoms with E-state index < -0.39 is 22.5 Å². The van der Waals surface area contributed by atoms with Crippen LogP contribution in [0.2, 0.25) is 5.02 Å². The van der Waals surface area contributed by atoms with Crippen LogP contribution in [0.5, 0.6) is 17.2 Å². The van der Waals surface area contributed by atoms with E-state index in [1.807, 2.05) is 6.92 Å². The molecule has 0 aliphatic carbocycles. The van der Waals surface area contributed by atoms with Gasteiger partial charge in [0.25, 0.3) is 15.9 Å². The molecule has 0 saturated carbocycles. The summed E-state index contributed by atoms with van der Waals surface area (Å²) in [5.41, 5.74) is 3.63. The van der Waals surface area contributed by atoms with E-state index in [-0.39, 0.29) is 27.1 Å². The average molecular weight is 518 g/mol. The molecule has 0 spiro atoms. The monoisotopic (exact) mass is 517 g/mol. The van der Waals surface area contributed by atoms with Crippen molar-refractivity contribution in [1.29, 1.82) is 0 Å². The Kier molecular flexibility index (Phi) is 8.21. The zero-order chi connectivity index (χ0) is 25.6. The number of anilines is 1. The first-order chi connectivity index (χ1) is 16.7. The van der Waals surface area contributed by atoms with Crippen molar-refractivity contribution in [3.05, 3.63) is 76.8 Å². The van der Waals surface area contributed by atoms with E-state index in [4.69, 9.17) is 21.1 Å². The lowest BCUT2D eigenvalue weighted by atomic mass is 10.2. The van der Waals surface area contributed by atoms with E-state index >= 15 is 0 Å². The van der Waals surface area contributed by atoms with Gasteiger partial charge in [0, 0.05) is 5.56 Å². The number of halogens is 1. The van der Waals surface area contributed by atoms with E-state index in [2.05, 4.69) is 10.5 Å². The highest BCUT2D eigenvalue weighted by Crippen LogP contribution is 2.32. The molecule has 0 bridgehead atoms. The molecule has 2 N–H and O–H groups in total. The van der Waals surface area contributed by atoms with Crippen LogP contribution in [0.25, 0.3) is 0 Å². The number of hydrogen-bond donors (Lipinski definition) is 2. The molecule has 11 heteroatoms. The van der Waals surface area contributed by atoms with Gasteiger partial charge in [0.2, 0.25) is 0 Å². The molecule has 0 aliphatic heterocycles. The highest BCUT2D eigenvalue weighted by Gasteiger charge is 2.28. The maximum atomic E-state index is 13.4. The van der Waals surface area contributed by atoms with Crippen molar-refractivity contribution in [3.8, 4) is 17.2 Å². The summed E-state index contributed by atoms with van der Waals surface area (Å²) in [5.74, 6) is -0.266. The van der Waals surface area contributed by atoms with Crippen LogP contribution in [0.15, 0.2) is 70.7 Å². The van der Waals surface area contributed by atoms with Crippen LogP contribution in [-0.4, -0.2) is 46.4 Å². The summed E-state index contributed by atoms with van der Waals surface area (Å²) < 4.78 is 38.0. The summed E-state index contributed by atoms with van der Waals surface area (Å²) >= 11 is 6.21. The lowest BCUT2D eigenvalue weighted by Crippen LogP contribution is -2.39. The number of hydrogen-bond acceptors (Lipinski definition) is 7. The predicted molar refractivity (Wildman–Crippen MR) is 134 cm³/mol. The van der Waals surface area contributed by atoms with Gasteiger partial charge in [0.05, 0.1) is 36.0 Å². The third kappa shape index (κ3) is 6.03. The second kappa shape index (κ2) is 11.1. The largest absolute Gasteiger partial charge is 0.504 e. The van der Waals surface area contributed by atoms with E-state index in [1.54, 1.807) is 30.3 Å². The molecule has 1 amide bonds. The van der Waals surface area contributed by atoms with Gasteiger partial charge in [-0.3, -0.25) is 9.10 Å². The molecule has 3 aromatic carbocycles. The quantitative estimate of drug-likeness (QED) is 0.330. The molecule has 0 radical (unpaired) electrons. The molecule has 0 aliphatic rings. The molecular formula is C24H24ClN3O6S. The van der Waals surface area contributed by atoms with Gasteiger partial charge in [0.1, 0.15) is 12.3 Å². The van der Waals surface area contributed by atoms with Crippen molar-refractivity contribution in [3.63, 3.8) is 0 Å². The first kappa shape index (κ1) is 25.9. The van der Waals surface area contributed by atoms with Gasteiger partial charge in [-0.2, -0.15) is 5.10 Å². The normalized spacial score (nSPS) is 11.3. The van der Waals surface area contributed by atoms with Crippen LogP contribution in [0, 0.1) is 6.92 Å². The number of phenols is 1. The van der Waals surface area contributed by atoms with Crippen LogP contribution in [0.4, 0.5) is 5.69 Å². The van der Waals surface area contributed by atoms with Gasteiger partial charge in [-0.25, -0.2) is 13.8 Å². The van der Waals surface area contributed by atoms with Crippen LogP contribution in [0.3, 0.4) is 0 Å². The Morgan fingerprint density at radius 2 is 1.77 bits per heavy atom. The first-order valence-electron chi connectivity index (χ1n) is 10.3. The molecule has 35 heavy (non-hydrogen) atoms. The number of para-hydroxylation sites is 1. The summed E-state index contributed by atoms with van der Waals surface area (Å²) in [6.07, 6.45) is 1.22. The minimum atomic E-state index is -4.13. The number of carbonyl (C=O) groups excluding carboxylic acids is 1.